The first-order valence-electron chi connectivity index (χ1n) is 5.11. The molecule has 0 aliphatic carbocycles. The molecule has 0 heterocycles. The number of carbonyl (C=O) groups is 1. The van der Waals surface area contributed by atoms with Crippen LogP contribution in [0.4, 0.5) is 13.2 Å². The summed E-state index contributed by atoms with van der Waals surface area (Å²) in [4.78, 5) is 11.0. The Hall–Kier alpha value is -1.47. The maximum absolute atomic E-state index is 12.1. The first kappa shape index (κ1) is 15.6. The predicted molar refractivity (Wildman–Crippen MR) is 62.4 cm³/mol. The largest absolute Gasteiger partial charge is 0.495 e. The lowest BCUT2D eigenvalue weighted by atomic mass is 10.1. The quantitative estimate of drug-likeness (QED) is 0.877. The molecular weight excluding hydrogens is 287 g/mol. The van der Waals surface area contributed by atoms with Crippen LogP contribution >= 0.6 is 11.6 Å². The molecule has 0 radical (unpaired) electrons. The van der Waals surface area contributed by atoms with Crippen molar-refractivity contribution in [1.82, 2.24) is 5.32 Å². The molecule has 0 aromatic heterocycles. The van der Waals surface area contributed by atoms with Crippen LogP contribution in [0.2, 0.25) is 5.02 Å². The van der Waals surface area contributed by atoms with E-state index in [1.807, 2.05) is 5.32 Å². The van der Waals surface area contributed by atoms with Gasteiger partial charge >= 0.3 is 12.1 Å². The van der Waals surface area contributed by atoms with Gasteiger partial charge in [0.15, 0.2) is 0 Å². The molecule has 2 N–H and O–H groups in total. The van der Waals surface area contributed by atoms with Gasteiger partial charge in [0.2, 0.25) is 0 Å². The Labute approximate surface area is 112 Å². The van der Waals surface area contributed by atoms with Crippen LogP contribution < -0.4 is 10.1 Å². The molecule has 8 heteroatoms. The lowest BCUT2D eigenvalue weighted by Gasteiger charge is -2.17. The summed E-state index contributed by atoms with van der Waals surface area (Å²) in [6.45, 7) is -1.41. The highest BCUT2D eigenvalue weighted by Crippen LogP contribution is 2.28. The maximum Gasteiger partial charge on any atom is 0.401 e. The molecule has 1 aromatic carbocycles. The van der Waals surface area contributed by atoms with Gasteiger partial charge in [-0.05, 0) is 17.7 Å². The van der Waals surface area contributed by atoms with E-state index < -0.39 is 24.7 Å². The number of alkyl halides is 3. The molecule has 1 rings (SSSR count). The molecule has 0 bridgehead atoms. The minimum absolute atomic E-state index is 0.113. The summed E-state index contributed by atoms with van der Waals surface area (Å²) in [5, 5.41) is 11.0. The fourth-order valence-electron chi connectivity index (χ4n) is 1.43. The van der Waals surface area contributed by atoms with E-state index in [0.717, 1.165) is 0 Å². The second kappa shape index (κ2) is 6.12. The molecular formula is C11H11ClF3NO3. The van der Waals surface area contributed by atoms with Gasteiger partial charge in [0.25, 0.3) is 0 Å². The fourth-order valence-corrected chi connectivity index (χ4v) is 1.69. The van der Waals surface area contributed by atoms with Crippen molar-refractivity contribution in [2.75, 3.05) is 13.7 Å². The number of carboxylic acids is 1. The second-order valence-corrected chi connectivity index (χ2v) is 4.07. The normalized spacial score (nSPS) is 13.1. The zero-order valence-electron chi connectivity index (χ0n) is 9.79. The molecule has 0 aliphatic rings. The van der Waals surface area contributed by atoms with Crippen LogP contribution in [-0.4, -0.2) is 30.9 Å². The first-order valence-corrected chi connectivity index (χ1v) is 5.49. The summed E-state index contributed by atoms with van der Waals surface area (Å²) in [6.07, 6.45) is -4.50. The van der Waals surface area contributed by atoms with Crippen molar-refractivity contribution in [3.8, 4) is 5.75 Å². The van der Waals surface area contributed by atoms with Crippen molar-refractivity contribution in [2.45, 2.75) is 12.2 Å². The molecule has 0 saturated carbocycles. The monoisotopic (exact) mass is 297 g/mol. The third kappa shape index (κ3) is 4.60. The molecule has 1 unspecified atom stereocenters. The molecule has 0 saturated heterocycles. The van der Waals surface area contributed by atoms with Crippen LogP contribution in [0.15, 0.2) is 18.2 Å². The van der Waals surface area contributed by atoms with Crippen molar-refractivity contribution in [3.05, 3.63) is 28.8 Å². The smallest absolute Gasteiger partial charge is 0.401 e. The lowest BCUT2D eigenvalue weighted by molar-refractivity contribution is -0.143. The highest BCUT2D eigenvalue weighted by Gasteiger charge is 2.30. The van der Waals surface area contributed by atoms with E-state index in [0.29, 0.717) is 5.75 Å². The van der Waals surface area contributed by atoms with Crippen LogP contribution in [0.5, 0.6) is 5.75 Å². The number of halogens is 4. The average Bonchev–Trinajstić information content (AvgIpc) is 2.27. The number of ether oxygens (including phenoxy) is 1. The summed E-state index contributed by atoms with van der Waals surface area (Å²) in [5.74, 6) is -1.11. The van der Waals surface area contributed by atoms with Crippen LogP contribution in [-0.2, 0) is 4.79 Å². The van der Waals surface area contributed by atoms with E-state index in [1.165, 1.54) is 25.3 Å². The van der Waals surface area contributed by atoms with Gasteiger partial charge in [0, 0.05) is 0 Å². The maximum atomic E-state index is 12.1. The van der Waals surface area contributed by atoms with Crippen LogP contribution in [0.1, 0.15) is 11.6 Å². The minimum Gasteiger partial charge on any atom is -0.495 e. The Morgan fingerprint density at radius 1 is 1.53 bits per heavy atom. The molecule has 1 atom stereocenters. The topological polar surface area (TPSA) is 58.6 Å². The molecule has 19 heavy (non-hydrogen) atoms. The standard InChI is InChI=1S/C11H11ClF3NO3/c1-19-8-3-2-6(4-7(8)12)9(10(17)18)16-5-11(13,14)15/h2-4,9,16H,5H2,1H3,(H,17,18). The number of rotatable bonds is 5. The number of nitrogens with one attached hydrogen (secondary N) is 1. The van der Waals surface area contributed by atoms with Gasteiger partial charge in [0.1, 0.15) is 11.8 Å². The third-order valence-electron chi connectivity index (χ3n) is 2.26. The van der Waals surface area contributed by atoms with Crippen molar-refractivity contribution >= 4 is 17.6 Å². The van der Waals surface area contributed by atoms with E-state index in [9.17, 15) is 18.0 Å². The van der Waals surface area contributed by atoms with Crippen LogP contribution in [0, 0.1) is 0 Å². The Balaban J connectivity index is 2.93. The van der Waals surface area contributed by atoms with Gasteiger partial charge in [-0.3, -0.25) is 10.1 Å². The van der Waals surface area contributed by atoms with Crippen LogP contribution in [0.3, 0.4) is 0 Å². The molecule has 4 nitrogen and oxygen atoms in total. The lowest BCUT2D eigenvalue weighted by Crippen LogP contribution is -2.36. The van der Waals surface area contributed by atoms with Crippen LogP contribution in [0.25, 0.3) is 0 Å². The Bertz CT molecular complexity index is 465. The van der Waals surface area contributed by atoms with Crippen molar-refractivity contribution in [3.63, 3.8) is 0 Å². The molecule has 0 spiro atoms. The summed E-state index contributed by atoms with van der Waals surface area (Å²) >= 11 is 5.80. The summed E-state index contributed by atoms with van der Waals surface area (Å²) in [6, 6.07) is 2.49. The van der Waals surface area contributed by atoms with Gasteiger partial charge in [-0.1, -0.05) is 17.7 Å². The van der Waals surface area contributed by atoms with Crippen molar-refractivity contribution in [1.29, 1.82) is 0 Å². The summed E-state index contributed by atoms with van der Waals surface area (Å²) < 4.78 is 41.1. The van der Waals surface area contributed by atoms with E-state index in [2.05, 4.69) is 0 Å². The average molecular weight is 298 g/mol. The highest BCUT2D eigenvalue weighted by atomic mass is 35.5. The van der Waals surface area contributed by atoms with Gasteiger partial charge in [-0.15, -0.1) is 0 Å². The summed E-state index contributed by atoms with van der Waals surface area (Å²) in [5.41, 5.74) is 0.113. The number of carboxylic acid groups (broad SMARTS) is 1. The number of benzene rings is 1. The Morgan fingerprint density at radius 2 is 2.16 bits per heavy atom. The van der Waals surface area contributed by atoms with E-state index in [4.69, 9.17) is 21.4 Å². The van der Waals surface area contributed by atoms with E-state index >= 15 is 0 Å². The number of hydrogen-bond acceptors (Lipinski definition) is 3. The van der Waals surface area contributed by atoms with Crippen molar-refractivity contribution < 1.29 is 27.8 Å². The number of hydrogen-bond donors (Lipinski definition) is 2. The van der Waals surface area contributed by atoms with Gasteiger partial charge < -0.3 is 9.84 Å². The molecule has 0 amide bonds. The fraction of sp³-hybridized carbons (Fsp3) is 0.364. The Kier molecular flexibility index (Phi) is 5.02. The zero-order valence-corrected chi connectivity index (χ0v) is 10.5. The Morgan fingerprint density at radius 3 is 2.58 bits per heavy atom. The van der Waals surface area contributed by atoms with Gasteiger partial charge in [-0.25, -0.2) is 0 Å². The SMILES string of the molecule is COc1ccc(C(NCC(F)(F)F)C(=O)O)cc1Cl. The van der Waals surface area contributed by atoms with Gasteiger partial charge in [-0.2, -0.15) is 13.2 Å². The second-order valence-electron chi connectivity index (χ2n) is 3.66. The molecule has 0 aliphatic heterocycles. The van der Waals surface area contributed by atoms with Crippen molar-refractivity contribution in [2.24, 2.45) is 0 Å². The molecule has 0 fully saturated rings. The highest BCUT2D eigenvalue weighted by molar-refractivity contribution is 6.32. The first-order chi connectivity index (χ1) is 8.74. The van der Waals surface area contributed by atoms with Gasteiger partial charge in [0.05, 0.1) is 18.7 Å². The third-order valence-corrected chi connectivity index (χ3v) is 2.56. The van der Waals surface area contributed by atoms with E-state index in [-0.39, 0.29) is 10.6 Å². The van der Waals surface area contributed by atoms with E-state index in [1.54, 1.807) is 0 Å². The predicted octanol–water partition coefficient (Wildman–Crippen LogP) is 2.63. The number of aliphatic carboxylic acids is 1. The minimum atomic E-state index is -4.50. The summed E-state index contributed by atoms with van der Waals surface area (Å²) in [7, 11) is 1.37. The molecule has 1 aromatic rings. The molecule has 106 valence electrons. The zero-order chi connectivity index (χ0) is 14.6. The number of methoxy groups -OCH3 is 1.